The Morgan fingerprint density at radius 2 is 1.68 bits per heavy atom. The highest BCUT2D eigenvalue weighted by molar-refractivity contribution is 5.66. The number of benzene rings is 2. The van der Waals surface area contributed by atoms with Crippen molar-refractivity contribution in [1.29, 1.82) is 0 Å². The fourth-order valence-electron chi connectivity index (χ4n) is 2.31. The van der Waals surface area contributed by atoms with Crippen LogP contribution in [0, 0.1) is 0 Å². The van der Waals surface area contributed by atoms with Gasteiger partial charge in [0.05, 0.1) is 0 Å². The van der Waals surface area contributed by atoms with E-state index in [0.717, 1.165) is 37.0 Å². The summed E-state index contributed by atoms with van der Waals surface area (Å²) in [6, 6.07) is 18.2. The van der Waals surface area contributed by atoms with Crippen LogP contribution in [-0.2, 0) is 17.8 Å². The molecule has 22 heavy (non-hydrogen) atoms. The second-order valence-electron chi connectivity index (χ2n) is 5.38. The van der Waals surface area contributed by atoms with Gasteiger partial charge in [0.2, 0.25) is 0 Å². The third-order valence-electron chi connectivity index (χ3n) is 3.50. The lowest BCUT2D eigenvalue weighted by atomic mass is 10.1. The van der Waals surface area contributed by atoms with Crippen LogP contribution in [-0.4, -0.2) is 11.1 Å². The van der Waals surface area contributed by atoms with E-state index in [1.807, 2.05) is 42.5 Å². The van der Waals surface area contributed by atoms with E-state index in [1.165, 1.54) is 5.56 Å². The van der Waals surface area contributed by atoms with Gasteiger partial charge < -0.3 is 9.84 Å². The van der Waals surface area contributed by atoms with Crippen LogP contribution < -0.4 is 4.74 Å². The summed E-state index contributed by atoms with van der Waals surface area (Å²) in [6.45, 7) is 0.572. The van der Waals surface area contributed by atoms with E-state index in [1.54, 1.807) is 0 Å². The zero-order chi connectivity index (χ0) is 15.6. The Labute approximate surface area is 131 Å². The summed E-state index contributed by atoms with van der Waals surface area (Å²) in [5.74, 6) is 0.170. The van der Waals surface area contributed by atoms with Crippen molar-refractivity contribution in [3.8, 4) is 5.75 Å². The molecule has 0 aliphatic carbocycles. The Morgan fingerprint density at radius 3 is 2.45 bits per heavy atom. The fourth-order valence-corrected chi connectivity index (χ4v) is 2.31. The molecule has 3 heteroatoms. The summed E-state index contributed by atoms with van der Waals surface area (Å²) < 4.78 is 5.81. The third kappa shape index (κ3) is 6.00. The molecule has 0 aliphatic heterocycles. The average Bonchev–Trinajstić information content (AvgIpc) is 2.54. The fraction of sp³-hybridized carbons (Fsp3) is 0.316. The van der Waals surface area contributed by atoms with Crippen LogP contribution >= 0.6 is 0 Å². The first-order valence-electron chi connectivity index (χ1n) is 7.71. The second kappa shape index (κ2) is 8.88. The molecule has 0 saturated heterocycles. The number of aliphatic carboxylic acids is 1. The molecule has 0 radical (unpaired) electrons. The molecule has 2 rings (SSSR count). The van der Waals surface area contributed by atoms with Crippen molar-refractivity contribution in [2.45, 2.75) is 38.7 Å². The number of hydrogen-bond donors (Lipinski definition) is 1. The number of aryl methyl sites for hydroxylation is 1. The van der Waals surface area contributed by atoms with Gasteiger partial charge in [0.1, 0.15) is 12.4 Å². The number of ether oxygens (including phenoxy) is 1. The minimum absolute atomic E-state index is 0.264. The van der Waals surface area contributed by atoms with Crippen LogP contribution in [0.25, 0.3) is 0 Å². The highest BCUT2D eigenvalue weighted by Crippen LogP contribution is 2.17. The van der Waals surface area contributed by atoms with E-state index in [-0.39, 0.29) is 6.42 Å². The van der Waals surface area contributed by atoms with E-state index < -0.39 is 5.97 Å². The summed E-state index contributed by atoms with van der Waals surface area (Å²) >= 11 is 0. The molecule has 1 N–H and O–H groups in total. The first-order valence-corrected chi connectivity index (χ1v) is 7.71. The molecule has 2 aromatic carbocycles. The predicted molar refractivity (Wildman–Crippen MR) is 87.0 cm³/mol. The standard InChI is InChI=1S/C19H22O3/c20-19(21)13-6-2-3-8-16-11-7-12-18(14-16)22-15-17-9-4-1-5-10-17/h1,4-5,7,9-12,14H,2-3,6,8,13,15H2,(H,20,21). The SMILES string of the molecule is O=C(O)CCCCCc1cccc(OCc2ccccc2)c1. The lowest BCUT2D eigenvalue weighted by Gasteiger charge is -2.08. The third-order valence-corrected chi connectivity index (χ3v) is 3.50. The maximum Gasteiger partial charge on any atom is 0.303 e. The predicted octanol–water partition coefficient (Wildman–Crippen LogP) is 4.45. The van der Waals surface area contributed by atoms with E-state index >= 15 is 0 Å². The van der Waals surface area contributed by atoms with Crippen molar-refractivity contribution in [1.82, 2.24) is 0 Å². The summed E-state index contributed by atoms with van der Waals surface area (Å²) in [5.41, 5.74) is 2.39. The van der Waals surface area contributed by atoms with Gasteiger partial charge in [-0.3, -0.25) is 4.79 Å². The molecule has 0 heterocycles. The molecule has 0 atom stereocenters. The van der Waals surface area contributed by atoms with Crippen LogP contribution in [0.2, 0.25) is 0 Å². The molecule has 0 unspecified atom stereocenters. The summed E-state index contributed by atoms with van der Waals surface area (Å²) in [6.07, 6.45) is 3.93. The highest BCUT2D eigenvalue weighted by atomic mass is 16.5. The van der Waals surface area contributed by atoms with Gasteiger partial charge in [0.15, 0.2) is 0 Å². The molecule has 2 aromatic rings. The number of hydrogen-bond acceptors (Lipinski definition) is 2. The van der Waals surface area contributed by atoms with Crippen LogP contribution in [0.5, 0.6) is 5.75 Å². The van der Waals surface area contributed by atoms with Crippen molar-refractivity contribution < 1.29 is 14.6 Å². The molecule has 3 nitrogen and oxygen atoms in total. The Morgan fingerprint density at radius 1 is 0.909 bits per heavy atom. The summed E-state index contributed by atoms with van der Waals surface area (Å²) in [5, 5.41) is 8.60. The van der Waals surface area contributed by atoms with Gasteiger partial charge in [-0.1, -0.05) is 48.9 Å². The first kappa shape index (κ1) is 16.1. The number of rotatable bonds is 9. The minimum Gasteiger partial charge on any atom is -0.489 e. The molecule has 0 saturated carbocycles. The van der Waals surface area contributed by atoms with Crippen LogP contribution in [0.1, 0.15) is 36.8 Å². The van der Waals surface area contributed by atoms with Gasteiger partial charge >= 0.3 is 5.97 Å². The van der Waals surface area contributed by atoms with Crippen molar-refractivity contribution in [3.05, 3.63) is 65.7 Å². The quantitative estimate of drug-likeness (QED) is 0.696. The zero-order valence-corrected chi connectivity index (χ0v) is 12.7. The Hall–Kier alpha value is -2.29. The lowest BCUT2D eigenvalue weighted by molar-refractivity contribution is -0.137. The molecule has 0 aliphatic rings. The van der Waals surface area contributed by atoms with Gasteiger partial charge in [-0.05, 0) is 42.5 Å². The van der Waals surface area contributed by atoms with Crippen molar-refractivity contribution in [3.63, 3.8) is 0 Å². The molecular weight excluding hydrogens is 276 g/mol. The van der Waals surface area contributed by atoms with Crippen molar-refractivity contribution >= 4 is 5.97 Å². The van der Waals surface area contributed by atoms with Gasteiger partial charge in [-0.25, -0.2) is 0 Å². The average molecular weight is 298 g/mol. The van der Waals surface area contributed by atoms with Crippen LogP contribution in [0.4, 0.5) is 0 Å². The molecule has 0 spiro atoms. The maximum absolute atomic E-state index is 10.4. The van der Waals surface area contributed by atoms with Gasteiger partial charge in [-0.15, -0.1) is 0 Å². The second-order valence-corrected chi connectivity index (χ2v) is 5.38. The minimum atomic E-state index is -0.712. The smallest absolute Gasteiger partial charge is 0.303 e. The molecule has 0 amide bonds. The van der Waals surface area contributed by atoms with Gasteiger partial charge in [0.25, 0.3) is 0 Å². The Balaban J connectivity index is 1.76. The van der Waals surface area contributed by atoms with E-state index in [2.05, 4.69) is 12.1 Å². The van der Waals surface area contributed by atoms with E-state index in [0.29, 0.717) is 6.61 Å². The summed E-state index contributed by atoms with van der Waals surface area (Å²) in [4.78, 5) is 10.4. The van der Waals surface area contributed by atoms with Crippen molar-refractivity contribution in [2.75, 3.05) is 0 Å². The largest absolute Gasteiger partial charge is 0.489 e. The number of carboxylic acids is 1. The zero-order valence-electron chi connectivity index (χ0n) is 12.7. The Bertz CT molecular complexity index is 578. The monoisotopic (exact) mass is 298 g/mol. The van der Waals surface area contributed by atoms with Crippen molar-refractivity contribution in [2.24, 2.45) is 0 Å². The number of carboxylic acid groups (broad SMARTS) is 1. The topological polar surface area (TPSA) is 46.5 Å². The van der Waals surface area contributed by atoms with Crippen LogP contribution in [0.3, 0.4) is 0 Å². The normalized spacial score (nSPS) is 10.4. The number of carbonyl (C=O) groups is 1. The maximum atomic E-state index is 10.4. The van der Waals surface area contributed by atoms with Crippen LogP contribution in [0.15, 0.2) is 54.6 Å². The molecule has 0 bridgehead atoms. The molecular formula is C19H22O3. The van der Waals surface area contributed by atoms with Gasteiger partial charge in [-0.2, -0.15) is 0 Å². The van der Waals surface area contributed by atoms with E-state index in [9.17, 15) is 4.79 Å². The molecule has 116 valence electrons. The lowest BCUT2D eigenvalue weighted by Crippen LogP contribution is -1.96. The Kier molecular flexibility index (Phi) is 6.49. The first-order chi connectivity index (χ1) is 10.7. The number of unbranched alkanes of at least 4 members (excludes halogenated alkanes) is 2. The molecule has 0 fully saturated rings. The summed E-state index contributed by atoms with van der Waals surface area (Å²) in [7, 11) is 0. The molecule has 0 aromatic heterocycles. The van der Waals surface area contributed by atoms with Gasteiger partial charge in [0, 0.05) is 6.42 Å². The highest BCUT2D eigenvalue weighted by Gasteiger charge is 2.00. The van der Waals surface area contributed by atoms with E-state index in [4.69, 9.17) is 9.84 Å².